The fourth-order valence-electron chi connectivity index (χ4n) is 5.30. The summed E-state index contributed by atoms with van der Waals surface area (Å²) >= 11 is 1.06. The molecule has 0 fully saturated rings. The van der Waals surface area contributed by atoms with Gasteiger partial charge in [0, 0.05) is 18.5 Å². The first-order chi connectivity index (χ1) is 20.8. The van der Waals surface area contributed by atoms with Crippen LogP contribution in [0.3, 0.4) is 0 Å². The van der Waals surface area contributed by atoms with Crippen LogP contribution in [0.1, 0.15) is 71.7 Å². The normalized spacial score (nSPS) is 19.0. The lowest BCUT2D eigenvalue weighted by molar-refractivity contribution is -0.143. The predicted octanol–water partition coefficient (Wildman–Crippen LogP) is 8.41. The number of benzene rings is 2. The molecule has 1 amide bonds. The van der Waals surface area contributed by atoms with Crippen LogP contribution in [-0.2, 0) is 29.7 Å². The molecule has 45 heavy (non-hydrogen) atoms. The molecule has 16 heteroatoms. The smallest absolute Gasteiger partial charge is 0.416 e. The second kappa shape index (κ2) is 12.3. The lowest BCUT2D eigenvalue weighted by atomic mass is 9.77. The van der Waals surface area contributed by atoms with E-state index in [9.17, 15) is 44.3 Å². The summed E-state index contributed by atoms with van der Waals surface area (Å²) in [5.74, 6) is -1.07. The number of fused-ring (bicyclic) bond motifs is 1. The van der Waals surface area contributed by atoms with Gasteiger partial charge in [-0.3, -0.25) is 4.90 Å². The van der Waals surface area contributed by atoms with E-state index in [1.807, 2.05) is 0 Å². The fraction of sp³-hybridized carbons (Fsp3) is 0.414. The Morgan fingerprint density at radius 3 is 2.09 bits per heavy atom. The van der Waals surface area contributed by atoms with E-state index >= 15 is 0 Å². The molecular weight excluding hydrogens is 639 g/mol. The van der Waals surface area contributed by atoms with Crippen LogP contribution < -0.4 is 10.6 Å². The fourth-order valence-corrected chi connectivity index (χ4v) is 5.65. The number of halogens is 9. The average molecular weight is 667 g/mol. The Hall–Kier alpha value is -3.53. The minimum Gasteiger partial charge on any atom is -0.449 e. The first-order valence-electron chi connectivity index (χ1n) is 13.5. The Morgan fingerprint density at radius 2 is 1.58 bits per heavy atom. The first-order valence-corrected chi connectivity index (χ1v) is 14.7. The molecule has 1 aliphatic heterocycles. The summed E-state index contributed by atoms with van der Waals surface area (Å²) in [6.45, 7) is 3.13. The Bertz CT molecular complexity index is 1540. The highest BCUT2D eigenvalue weighted by Gasteiger charge is 2.47. The second-order valence-electron chi connectivity index (χ2n) is 10.4. The van der Waals surface area contributed by atoms with Gasteiger partial charge in [-0.25, -0.2) is 14.8 Å². The van der Waals surface area contributed by atoms with Crippen molar-refractivity contribution in [3.63, 3.8) is 0 Å². The van der Waals surface area contributed by atoms with E-state index < -0.39 is 59.3 Å². The van der Waals surface area contributed by atoms with Gasteiger partial charge in [0.15, 0.2) is 5.16 Å². The largest absolute Gasteiger partial charge is 0.449 e. The van der Waals surface area contributed by atoms with Crippen LogP contribution in [-0.4, -0.2) is 34.6 Å². The quantitative estimate of drug-likeness (QED) is 0.162. The second-order valence-corrected chi connectivity index (χ2v) is 11.2. The van der Waals surface area contributed by atoms with Gasteiger partial charge < -0.3 is 10.5 Å². The highest BCUT2D eigenvalue weighted by atomic mass is 32.2. The van der Waals surface area contributed by atoms with Crippen LogP contribution in [0.4, 0.5) is 50.0 Å². The van der Waals surface area contributed by atoms with Crippen LogP contribution in [0.2, 0.25) is 0 Å². The SMILES string of the molecule is CCOC(=O)N1c2ccc(C(F)(F)F)cc2[C@@H](c2nc(SC)ncc2Cc2cc(C(F)(F)F)cc(C(F)(F)F)c2)C[C@@]1(N)CC. The van der Waals surface area contributed by atoms with Gasteiger partial charge in [0.2, 0.25) is 0 Å². The molecule has 0 bridgehead atoms. The minimum absolute atomic E-state index is 0.00176. The van der Waals surface area contributed by atoms with Gasteiger partial charge in [0.05, 0.1) is 34.7 Å². The maximum Gasteiger partial charge on any atom is 0.416 e. The van der Waals surface area contributed by atoms with Crippen molar-refractivity contribution >= 4 is 23.5 Å². The molecule has 2 atom stereocenters. The summed E-state index contributed by atoms with van der Waals surface area (Å²) in [5.41, 5.74) is 0.803. The number of rotatable bonds is 6. The number of anilines is 1. The Morgan fingerprint density at radius 1 is 0.978 bits per heavy atom. The highest BCUT2D eigenvalue weighted by Crippen LogP contribution is 2.48. The number of carbonyl (C=O) groups excluding carboxylic acids is 1. The van der Waals surface area contributed by atoms with E-state index in [4.69, 9.17) is 10.5 Å². The summed E-state index contributed by atoms with van der Waals surface area (Å²) in [7, 11) is 0. The third-order valence-corrected chi connectivity index (χ3v) is 8.03. The molecule has 2 aromatic carbocycles. The lowest BCUT2D eigenvalue weighted by Crippen LogP contribution is -2.61. The molecule has 0 saturated heterocycles. The van der Waals surface area contributed by atoms with E-state index in [1.165, 1.54) is 13.1 Å². The van der Waals surface area contributed by atoms with Crippen LogP contribution >= 0.6 is 11.8 Å². The highest BCUT2D eigenvalue weighted by molar-refractivity contribution is 7.98. The monoisotopic (exact) mass is 666 g/mol. The van der Waals surface area contributed by atoms with Crippen molar-refractivity contribution in [3.05, 3.63) is 81.7 Å². The van der Waals surface area contributed by atoms with E-state index in [-0.39, 0.29) is 58.7 Å². The number of hydrogen-bond acceptors (Lipinski definition) is 6. The summed E-state index contributed by atoms with van der Waals surface area (Å²) in [5, 5.41) is 0.147. The van der Waals surface area contributed by atoms with Crippen molar-refractivity contribution in [2.75, 3.05) is 17.8 Å². The first kappa shape index (κ1) is 34.3. The molecule has 0 aliphatic carbocycles. The number of ether oxygens (including phenoxy) is 1. The zero-order chi connectivity index (χ0) is 33.5. The van der Waals surface area contributed by atoms with Crippen LogP contribution in [0.25, 0.3) is 0 Å². The average Bonchev–Trinajstić information content (AvgIpc) is 2.95. The van der Waals surface area contributed by atoms with Crippen molar-refractivity contribution in [1.29, 1.82) is 0 Å². The number of amides is 1. The predicted molar refractivity (Wildman–Crippen MR) is 148 cm³/mol. The molecule has 3 aromatic rings. The molecule has 244 valence electrons. The van der Waals surface area contributed by atoms with Gasteiger partial charge >= 0.3 is 24.6 Å². The van der Waals surface area contributed by atoms with Crippen molar-refractivity contribution in [3.8, 4) is 0 Å². The summed E-state index contributed by atoms with van der Waals surface area (Å²) in [4.78, 5) is 22.8. The van der Waals surface area contributed by atoms with Crippen LogP contribution in [0, 0.1) is 0 Å². The molecule has 0 radical (unpaired) electrons. The Kier molecular flexibility index (Phi) is 9.42. The van der Waals surface area contributed by atoms with Gasteiger partial charge in [0.25, 0.3) is 0 Å². The Balaban J connectivity index is 1.97. The molecule has 1 aliphatic rings. The van der Waals surface area contributed by atoms with Crippen molar-refractivity contribution in [1.82, 2.24) is 9.97 Å². The maximum absolute atomic E-state index is 13.9. The van der Waals surface area contributed by atoms with Crippen molar-refractivity contribution in [2.24, 2.45) is 5.73 Å². The topological polar surface area (TPSA) is 81.3 Å². The number of thioether (sulfide) groups is 1. The van der Waals surface area contributed by atoms with Gasteiger partial charge in [-0.05, 0) is 79.1 Å². The summed E-state index contributed by atoms with van der Waals surface area (Å²) in [6.07, 6.45) is -13.7. The van der Waals surface area contributed by atoms with E-state index in [0.29, 0.717) is 12.1 Å². The molecule has 2 N–H and O–H groups in total. The number of nitrogens with two attached hydrogens (primary N) is 1. The lowest BCUT2D eigenvalue weighted by Gasteiger charge is -2.47. The summed E-state index contributed by atoms with van der Waals surface area (Å²) < 4.78 is 128. The van der Waals surface area contributed by atoms with Crippen molar-refractivity contribution < 1.29 is 49.0 Å². The molecule has 1 aromatic heterocycles. The van der Waals surface area contributed by atoms with E-state index in [0.717, 1.165) is 34.9 Å². The Labute approximate surface area is 256 Å². The molecule has 2 heterocycles. The number of nitrogens with zero attached hydrogens (tertiary/aromatic N) is 3. The third kappa shape index (κ3) is 7.16. The van der Waals surface area contributed by atoms with Gasteiger partial charge in [-0.15, -0.1) is 0 Å². The molecule has 4 rings (SSSR count). The number of alkyl halides is 9. The van der Waals surface area contributed by atoms with E-state index in [2.05, 4.69) is 9.97 Å². The minimum atomic E-state index is -5.09. The number of hydrogen-bond donors (Lipinski definition) is 1. The van der Waals surface area contributed by atoms with Crippen molar-refractivity contribution in [2.45, 2.75) is 68.4 Å². The zero-order valence-electron chi connectivity index (χ0n) is 24.0. The van der Waals surface area contributed by atoms with Crippen LogP contribution in [0.15, 0.2) is 47.8 Å². The van der Waals surface area contributed by atoms with E-state index in [1.54, 1.807) is 13.2 Å². The van der Waals surface area contributed by atoms with Crippen LogP contribution in [0.5, 0.6) is 0 Å². The zero-order valence-corrected chi connectivity index (χ0v) is 24.8. The molecule has 0 unspecified atom stereocenters. The van der Waals surface area contributed by atoms with Gasteiger partial charge in [-0.1, -0.05) is 18.7 Å². The molecular formula is C29H27F9N4O2S. The molecule has 0 spiro atoms. The number of carbonyl (C=O) groups is 1. The molecule has 6 nitrogen and oxygen atoms in total. The summed E-state index contributed by atoms with van der Waals surface area (Å²) in [6, 6.07) is 3.83. The third-order valence-electron chi connectivity index (χ3n) is 7.47. The maximum atomic E-state index is 13.9. The van der Waals surface area contributed by atoms with Gasteiger partial charge in [0.1, 0.15) is 5.66 Å². The standard InChI is InChI=1S/C29H27F9N4O2S/c1-4-26(39)13-21(20-12-17(27(30,31)32)6-7-22(20)42(26)25(43)44-5-2)23-16(14-40-24(41-23)45-3)8-15-9-18(28(33,34)35)11-19(10-15)29(36,37)38/h6-7,9-12,14,21H,4-5,8,13,39H2,1-3H3/t21-,26+/m0/s1. The van der Waals surface area contributed by atoms with Gasteiger partial charge in [-0.2, -0.15) is 39.5 Å². The number of aromatic nitrogens is 2. The molecule has 0 saturated carbocycles.